The second-order valence-corrected chi connectivity index (χ2v) is 3.96. The van der Waals surface area contributed by atoms with E-state index < -0.39 is 5.92 Å². The number of nitrogens with one attached hydrogen (secondary N) is 1. The van der Waals surface area contributed by atoms with Crippen LogP contribution < -0.4 is 5.32 Å². The average molecular weight is 195 g/mol. The van der Waals surface area contributed by atoms with Gasteiger partial charge in [-0.15, -0.1) is 0 Å². The zero-order valence-electron chi connectivity index (χ0n) is 8.79. The Labute approximate surface area is 84.9 Å². The number of carbonyl (C=O) groups excluding carboxylic acids is 1. The summed E-state index contributed by atoms with van der Waals surface area (Å²) in [6.45, 7) is 3.62. The molecular formula is C10H17N3O. The monoisotopic (exact) mass is 195 g/mol. The van der Waals surface area contributed by atoms with Gasteiger partial charge in [-0.2, -0.15) is 5.26 Å². The van der Waals surface area contributed by atoms with Crippen molar-refractivity contribution in [3.8, 4) is 6.07 Å². The highest BCUT2D eigenvalue weighted by Crippen LogP contribution is 2.08. The Morgan fingerprint density at radius 2 is 2.43 bits per heavy atom. The number of hydrogen-bond donors (Lipinski definition) is 1. The van der Waals surface area contributed by atoms with Crippen molar-refractivity contribution in [2.24, 2.45) is 5.92 Å². The molecular weight excluding hydrogens is 178 g/mol. The second-order valence-electron chi connectivity index (χ2n) is 3.96. The van der Waals surface area contributed by atoms with Gasteiger partial charge >= 0.3 is 0 Å². The van der Waals surface area contributed by atoms with E-state index in [-0.39, 0.29) is 11.9 Å². The van der Waals surface area contributed by atoms with Crippen molar-refractivity contribution in [1.29, 1.82) is 5.26 Å². The molecule has 0 aromatic rings. The first-order chi connectivity index (χ1) is 6.63. The molecule has 0 spiro atoms. The van der Waals surface area contributed by atoms with Gasteiger partial charge in [0.2, 0.25) is 5.91 Å². The maximum absolute atomic E-state index is 11.4. The summed E-state index contributed by atoms with van der Waals surface area (Å²) in [7, 11) is 2.05. The number of hydrogen-bond acceptors (Lipinski definition) is 3. The van der Waals surface area contributed by atoms with Crippen LogP contribution in [0, 0.1) is 17.2 Å². The van der Waals surface area contributed by atoms with E-state index in [1.165, 1.54) is 0 Å². The second kappa shape index (κ2) is 4.97. The van der Waals surface area contributed by atoms with E-state index in [0.717, 1.165) is 25.9 Å². The van der Waals surface area contributed by atoms with Gasteiger partial charge in [0.1, 0.15) is 5.92 Å². The van der Waals surface area contributed by atoms with Crippen molar-refractivity contribution in [1.82, 2.24) is 10.2 Å². The fourth-order valence-corrected chi connectivity index (χ4v) is 1.67. The number of likely N-dealkylation sites (tertiary alicyclic amines) is 1. The summed E-state index contributed by atoms with van der Waals surface area (Å²) < 4.78 is 0. The lowest BCUT2D eigenvalue weighted by Crippen LogP contribution is -2.47. The van der Waals surface area contributed by atoms with Crippen LogP contribution >= 0.6 is 0 Å². The Bertz CT molecular complexity index is 246. The van der Waals surface area contributed by atoms with E-state index in [1.54, 1.807) is 6.92 Å². The molecule has 1 fully saturated rings. The van der Waals surface area contributed by atoms with Crippen LogP contribution in [0.5, 0.6) is 0 Å². The summed E-state index contributed by atoms with van der Waals surface area (Å²) in [6.07, 6.45) is 2.14. The molecule has 1 saturated heterocycles. The minimum absolute atomic E-state index is 0.146. The summed E-state index contributed by atoms with van der Waals surface area (Å²) in [4.78, 5) is 13.6. The predicted octanol–water partition coefficient (Wildman–Crippen LogP) is 0.356. The van der Waals surface area contributed by atoms with Crippen LogP contribution in [0.3, 0.4) is 0 Å². The van der Waals surface area contributed by atoms with E-state index in [4.69, 9.17) is 5.26 Å². The summed E-state index contributed by atoms with van der Waals surface area (Å²) in [5.74, 6) is -0.685. The molecule has 0 aliphatic carbocycles. The van der Waals surface area contributed by atoms with E-state index in [0.29, 0.717) is 0 Å². The SMILES string of the molecule is CC(C#N)C(=O)NC1CCCN(C)C1. The molecule has 1 rings (SSSR count). The Hall–Kier alpha value is -1.08. The zero-order valence-corrected chi connectivity index (χ0v) is 8.79. The maximum Gasteiger partial charge on any atom is 0.237 e. The van der Waals surface area contributed by atoms with Crippen molar-refractivity contribution in [2.75, 3.05) is 20.1 Å². The lowest BCUT2D eigenvalue weighted by atomic mass is 10.1. The number of amides is 1. The first-order valence-electron chi connectivity index (χ1n) is 5.02. The minimum atomic E-state index is -0.540. The van der Waals surface area contributed by atoms with E-state index >= 15 is 0 Å². The molecule has 0 bridgehead atoms. The topological polar surface area (TPSA) is 56.1 Å². The molecule has 1 amide bonds. The average Bonchev–Trinajstić information content (AvgIpc) is 2.16. The van der Waals surface area contributed by atoms with Gasteiger partial charge in [0.15, 0.2) is 0 Å². The van der Waals surface area contributed by atoms with Gasteiger partial charge in [0.05, 0.1) is 6.07 Å². The van der Waals surface area contributed by atoms with Gasteiger partial charge in [0.25, 0.3) is 0 Å². The van der Waals surface area contributed by atoms with Crippen LogP contribution in [0.1, 0.15) is 19.8 Å². The van der Waals surface area contributed by atoms with Gasteiger partial charge in [-0.3, -0.25) is 4.79 Å². The predicted molar refractivity (Wildman–Crippen MR) is 53.4 cm³/mol. The molecule has 1 N–H and O–H groups in total. The maximum atomic E-state index is 11.4. The molecule has 0 aromatic heterocycles. The van der Waals surface area contributed by atoms with E-state index in [1.807, 2.05) is 13.1 Å². The normalized spacial score (nSPS) is 25.1. The van der Waals surface area contributed by atoms with Crippen molar-refractivity contribution in [3.05, 3.63) is 0 Å². The fourth-order valence-electron chi connectivity index (χ4n) is 1.67. The van der Waals surface area contributed by atoms with E-state index in [9.17, 15) is 4.79 Å². The smallest absolute Gasteiger partial charge is 0.237 e. The van der Waals surface area contributed by atoms with Gasteiger partial charge in [-0.25, -0.2) is 0 Å². The molecule has 78 valence electrons. The van der Waals surface area contributed by atoms with Crippen LogP contribution in [0.4, 0.5) is 0 Å². The Kier molecular flexibility index (Phi) is 3.90. The molecule has 0 radical (unpaired) electrons. The fraction of sp³-hybridized carbons (Fsp3) is 0.800. The lowest BCUT2D eigenvalue weighted by molar-refractivity contribution is -0.124. The van der Waals surface area contributed by atoms with Gasteiger partial charge in [-0.1, -0.05) is 0 Å². The molecule has 0 saturated carbocycles. The van der Waals surface area contributed by atoms with Gasteiger partial charge < -0.3 is 10.2 Å². The first kappa shape index (κ1) is 11.0. The number of piperidine rings is 1. The number of rotatable bonds is 2. The molecule has 1 aliphatic rings. The molecule has 2 unspecified atom stereocenters. The Morgan fingerprint density at radius 1 is 1.71 bits per heavy atom. The summed E-state index contributed by atoms with van der Waals surface area (Å²) in [5.41, 5.74) is 0. The standard InChI is InChI=1S/C10H17N3O/c1-8(6-11)10(14)12-9-4-3-5-13(2)7-9/h8-9H,3-5,7H2,1-2H3,(H,12,14). The third-order valence-electron chi connectivity index (χ3n) is 2.56. The molecule has 14 heavy (non-hydrogen) atoms. The third kappa shape index (κ3) is 3.00. The molecule has 4 nitrogen and oxygen atoms in total. The third-order valence-corrected chi connectivity index (χ3v) is 2.56. The summed E-state index contributed by atoms with van der Waals surface area (Å²) in [6, 6.07) is 2.16. The number of carbonyl (C=O) groups is 1. The highest BCUT2D eigenvalue weighted by molar-refractivity contribution is 5.80. The van der Waals surface area contributed by atoms with Gasteiger partial charge in [0, 0.05) is 12.6 Å². The van der Waals surface area contributed by atoms with E-state index in [2.05, 4.69) is 10.2 Å². The lowest BCUT2D eigenvalue weighted by Gasteiger charge is -2.30. The van der Waals surface area contributed by atoms with Gasteiger partial charge in [-0.05, 0) is 33.4 Å². The Morgan fingerprint density at radius 3 is 3.00 bits per heavy atom. The van der Waals surface area contributed by atoms with Crippen LogP contribution in [-0.4, -0.2) is 37.0 Å². The molecule has 1 aliphatic heterocycles. The molecule has 4 heteroatoms. The van der Waals surface area contributed by atoms with Crippen molar-refractivity contribution in [2.45, 2.75) is 25.8 Å². The zero-order chi connectivity index (χ0) is 10.6. The van der Waals surface area contributed by atoms with Crippen molar-refractivity contribution >= 4 is 5.91 Å². The number of nitrogens with zero attached hydrogens (tertiary/aromatic N) is 2. The van der Waals surface area contributed by atoms with Crippen molar-refractivity contribution < 1.29 is 4.79 Å². The van der Waals surface area contributed by atoms with Crippen LogP contribution in [0.25, 0.3) is 0 Å². The van der Waals surface area contributed by atoms with Crippen LogP contribution in [-0.2, 0) is 4.79 Å². The summed E-state index contributed by atoms with van der Waals surface area (Å²) >= 11 is 0. The van der Waals surface area contributed by atoms with Crippen LogP contribution in [0.2, 0.25) is 0 Å². The first-order valence-corrected chi connectivity index (χ1v) is 5.02. The van der Waals surface area contributed by atoms with Crippen LogP contribution in [0.15, 0.2) is 0 Å². The number of likely N-dealkylation sites (N-methyl/N-ethyl adjacent to an activating group) is 1. The molecule has 0 aromatic carbocycles. The molecule has 2 atom stereocenters. The highest BCUT2D eigenvalue weighted by Gasteiger charge is 2.21. The number of nitriles is 1. The van der Waals surface area contributed by atoms with Crippen molar-refractivity contribution in [3.63, 3.8) is 0 Å². The molecule has 1 heterocycles. The largest absolute Gasteiger partial charge is 0.351 e. The summed E-state index contributed by atoms with van der Waals surface area (Å²) in [5, 5.41) is 11.5. The quantitative estimate of drug-likeness (QED) is 0.692. The minimum Gasteiger partial charge on any atom is -0.351 e. The highest BCUT2D eigenvalue weighted by atomic mass is 16.1. The Balaban J connectivity index is 2.37.